The fraction of sp³-hybridized carbons (Fsp3) is 0.250. The minimum Gasteiger partial charge on any atom is -0.0840 e. The van der Waals surface area contributed by atoms with E-state index in [1.807, 2.05) is 12.1 Å². The van der Waals surface area contributed by atoms with Crippen LogP contribution in [-0.2, 0) is 6.42 Å². The zero-order valence-electron chi connectivity index (χ0n) is 10.00. The van der Waals surface area contributed by atoms with Gasteiger partial charge in [-0.15, -0.1) is 0 Å². The number of hydrogen-bond donors (Lipinski definition) is 0. The summed E-state index contributed by atoms with van der Waals surface area (Å²) in [5.74, 6) is 0.827. The summed E-state index contributed by atoms with van der Waals surface area (Å²) in [6.45, 7) is 0. The molecule has 0 heterocycles. The fourth-order valence-corrected chi connectivity index (χ4v) is 2.82. The van der Waals surface area contributed by atoms with Crippen molar-refractivity contribution in [3.63, 3.8) is 0 Å². The molecular formula is C16H14BrCl. The summed E-state index contributed by atoms with van der Waals surface area (Å²) in [4.78, 5) is 0. The highest BCUT2D eigenvalue weighted by Gasteiger charge is 2.22. The monoisotopic (exact) mass is 320 g/mol. The van der Waals surface area contributed by atoms with Crippen molar-refractivity contribution in [3.8, 4) is 0 Å². The van der Waals surface area contributed by atoms with Gasteiger partial charge in [-0.1, -0.05) is 51.8 Å². The Labute approximate surface area is 121 Å². The van der Waals surface area contributed by atoms with Crippen molar-refractivity contribution in [3.05, 3.63) is 68.7 Å². The molecule has 2 aromatic carbocycles. The van der Waals surface area contributed by atoms with Crippen LogP contribution in [0, 0.1) is 0 Å². The van der Waals surface area contributed by atoms with Crippen LogP contribution < -0.4 is 0 Å². The third-order valence-electron chi connectivity index (χ3n) is 3.43. The van der Waals surface area contributed by atoms with Crippen molar-refractivity contribution in [1.29, 1.82) is 0 Å². The standard InChI is InChI=1S/C16H14BrCl/c17-15-7-8-16(18)14(10-15)9-11-1-3-12(4-2-11)13-5-6-13/h1-4,7-8,10,13H,5-6,9H2. The Bertz CT molecular complexity index is 556. The maximum atomic E-state index is 6.22. The van der Waals surface area contributed by atoms with Crippen LogP contribution >= 0.6 is 27.5 Å². The van der Waals surface area contributed by atoms with E-state index < -0.39 is 0 Å². The minimum absolute atomic E-state index is 0.827. The van der Waals surface area contributed by atoms with Gasteiger partial charge in [0.15, 0.2) is 0 Å². The second-order valence-corrected chi connectivity index (χ2v) is 6.25. The van der Waals surface area contributed by atoms with Crippen LogP contribution in [0.4, 0.5) is 0 Å². The van der Waals surface area contributed by atoms with E-state index >= 15 is 0 Å². The lowest BCUT2D eigenvalue weighted by Crippen LogP contribution is -1.90. The van der Waals surface area contributed by atoms with Crippen molar-refractivity contribution in [2.24, 2.45) is 0 Å². The highest BCUT2D eigenvalue weighted by atomic mass is 79.9. The van der Waals surface area contributed by atoms with Gasteiger partial charge >= 0.3 is 0 Å². The van der Waals surface area contributed by atoms with E-state index in [4.69, 9.17) is 11.6 Å². The summed E-state index contributed by atoms with van der Waals surface area (Å²) in [6.07, 6.45) is 3.61. The Morgan fingerprint density at radius 2 is 1.78 bits per heavy atom. The Kier molecular flexibility index (Phi) is 3.45. The average Bonchev–Trinajstić information content (AvgIpc) is 3.19. The van der Waals surface area contributed by atoms with Crippen molar-refractivity contribution in [2.45, 2.75) is 25.2 Å². The van der Waals surface area contributed by atoms with Gasteiger partial charge in [0.2, 0.25) is 0 Å². The molecule has 0 amide bonds. The molecule has 1 aliphatic rings. The molecule has 18 heavy (non-hydrogen) atoms. The molecule has 92 valence electrons. The van der Waals surface area contributed by atoms with Crippen LogP contribution in [0.2, 0.25) is 5.02 Å². The first kappa shape index (κ1) is 12.3. The minimum atomic E-state index is 0.827. The summed E-state index contributed by atoms with van der Waals surface area (Å²) in [5, 5.41) is 0.837. The molecule has 0 aromatic heterocycles. The predicted octanol–water partition coefficient (Wildman–Crippen LogP) is 5.57. The molecular weight excluding hydrogens is 308 g/mol. The highest BCUT2D eigenvalue weighted by molar-refractivity contribution is 9.10. The summed E-state index contributed by atoms with van der Waals surface area (Å²) >= 11 is 9.71. The van der Waals surface area contributed by atoms with Crippen molar-refractivity contribution >= 4 is 27.5 Å². The molecule has 0 aliphatic heterocycles. The van der Waals surface area contributed by atoms with Gasteiger partial charge < -0.3 is 0 Å². The third-order valence-corrected chi connectivity index (χ3v) is 4.29. The molecule has 2 aromatic rings. The van der Waals surface area contributed by atoms with Gasteiger partial charge in [-0.05, 0) is 60.1 Å². The molecule has 1 saturated carbocycles. The quantitative estimate of drug-likeness (QED) is 0.693. The highest BCUT2D eigenvalue weighted by Crippen LogP contribution is 2.40. The third kappa shape index (κ3) is 2.78. The van der Waals surface area contributed by atoms with Gasteiger partial charge in [0.25, 0.3) is 0 Å². The molecule has 0 spiro atoms. The van der Waals surface area contributed by atoms with E-state index in [2.05, 4.69) is 46.3 Å². The van der Waals surface area contributed by atoms with Gasteiger partial charge in [-0.3, -0.25) is 0 Å². The van der Waals surface area contributed by atoms with Crippen LogP contribution in [0.15, 0.2) is 46.9 Å². The lowest BCUT2D eigenvalue weighted by molar-refractivity contribution is 1.11. The van der Waals surface area contributed by atoms with Crippen LogP contribution in [0.5, 0.6) is 0 Å². The van der Waals surface area contributed by atoms with E-state index in [0.29, 0.717) is 0 Å². The van der Waals surface area contributed by atoms with Crippen LogP contribution in [0.1, 0.15) is 35.4 Å². The SMILES string of the molecule is Clc1ccc(Br)cc1Cc1ccc(C2CC2)cc1. The maximum absolute atomic E-state index is 6.22. The molecule has 0 nitrogen and oxygen atoms in total. The van der Waals surface area contributed by atoms with Crippen molar-refractivity contribution < 1.29 is 0 Å². The molecule has 0 atom stereocenters. The van der Waals surface area contributed by atoms with Crippen molar-refractivity contribution in [2.75, 3.05) is 0 Å². The zero-order chi connectivity index (χ0) is 12.5. The Balaban J connectivity index is 1.80. The van der Waals surface area contributed by atoms with E-state index in [0.717, 1.165) is 21.8 Å². The topological polar surface area (TPSA) is 0 Å². The molecule has 2 heteroatoms. The molecule has 0 unspecified atom stereocenters. The average molecular weight is 322 g/mol. The lowest BCUT2D eigenvalue weighted by Gasteiger charge is -2.06. The maximum Gasteiger partial charge on any atom is 0.0442 e. The van der Waals surface area contributed by atoms with E-state index in [1.165, 1.54) is 29.5 Å². The lowest BCUT2D eigenvalue weighted by atomic mass is 10.0. The van der Waals surface area contributed by atoms with Gasteiger partial charge in [0.1, 0.15) is 0 Å². The fourth-order valence-electron chi connectivity index (χ4n) is 2.22. The molecule has 1 aliphatic carbocycles. The second kappa shape index (κ2) is 5.07. The van der Waals surface area contributed by atoms with Crippen LogP contribution in [-0.4, -0.2) is 0 Å². The van der Waals surface area contributed by atoms with Crippen LogP contribution in [0.3, 0.4) is 0 Å². The predicted molar refractivity (Wildman–Crippen MR) is 80.4 cm³/mol. The summed E-state index contributed by atoms with van der Waals surface area (Å²) < 4.78 is 1.08. The first-order chi connectivity index (χ1) is 8.72. The van der Waals surface area contributed by atoms with Crippen molar-refractivity contribution in [1.82, 2.24) is 0 Å². The Morgan fingerprint density at radius 1 is 1.06 bits per heavy atom. The largest absolute Gasteiger partial charge is 0.0840 e. The van der Waals surface area contributed by atoms with Gasteiger partial charge in [0, 0.05) is 9.50 Å². The molecule has 0 saturated heterocycles. The van der Waals surface area contributed by atoms with Crippen LogP contribution in [0.25, 0.3) is 0 Å². The molecule has 3 rings (SSSR count). The van der Waals surface area contributed by atoms with E-state index in [9.17, 15) is 0 Å². The van der Waals surface area contributed by atoms with E-state index in [1.54, 1.807) is 0 Å². The first-order valence-electron chi connectivity index (χ1n) is 6.25. The summed E-state index contributed by atoms with van der Waals surface area (Å²) in [5.41, 5.74) is 3.98. The molecule has 1 fully saturated rings. The number of benzene rings is 2. The Morgan fingerprint density at radius 3 is 2.44 bits per heavy atom. The van der Waals surface area contributed by atoms with Gasteiger partial charge in [0.05, 0.1) is 0 Å². The molecule has 0 N–H and O–H groups in total. The van der Waals surface area contributed by atoms with Gasteiger partial charge in [-0.25, -0.2) is 0 Å². The molecule has 0 radical (unpaired) electrons. The normalized spacial score (nSPS) is 14.8. The second-order valence-electron chi connectivity index (χ2n) is 4.93. The molecule has 0 bridgehead atoms. The Hall–Kier alpha value is -0.790. The number of rotatable bonds is 3. The number of hydrogen-bond acceptors (Lipinski definition) is 0. The zero-order valence-corrected chi connectivity index (χ0v) is 12.3. The van der Waals surface area contributed by atoms with E-state index in [-0.39, 0.29) is 0 Å². The first-order valence-corrected chi connectivity index (χ1v) is 7.42. The van der Waals surface area contributed by atoms with Gasteiger partial charge in [-0.2, -0.15) is 0 Å². The number of halogens is 2. The smallest absolute Gasteiger partial charge is 0.0442 e. The summed E-state index contributed by atoms with van der Waals surface area (Å²) in [7, 11) is 0. The summed E-state index contributed by atoms with van der Waals surface area (Å²) in [6, 6.07) is 15.0.